The third-order valence-electron chi connectivity index (χ3n) is 2.17. The minimum absolute atomic E-state index is 0.137. The first-order valence-electron chi connectivity index (χ1n) is 5.37. The summed E-state index contributed by atoms with van der Waals surface area (Å²) in [6.07, 6.45) is 3.37. The molecule has 2 N–H and O–H groups in total. The molecule has 7 heteroatoms. The first kappa shape index (κ1) is 12.6. The summed E-state index contributed by atoms with van der Waals surface area (Å²) in [7, 11) is 1.79. The fourth-order valence-corrected chi connectivity index (χ4v) is 2.14. The number of aromatic nitrogens is 4. The summed E-state index contributed by atoms with van der Waals surface area (Å²) in [5.74, 6) is 1.34. The van der Waals surface area contributed by atoms with E-state index in [1.165, 1.54) is 17.8 Å². The van der Waals surface area contributed by atoms with Gasteiger partial charge in [0.2, 0.25) is 0 Å². The first-order chi connectivity index (χ1) is 8.67. The van der Waals surface area contributed by atoms with Crippen LogP contribution in [0.1, 0.15) is 11.4 Å². The minimum Gasteiger partial charge on any atom is -0.372 e. The molecule has 2 heterocycles. The second-order valence-electron chi connectivity index (χ2n) is 3.62. The fourth-order valence-electron chi connectivity index (χ4n) is 1.32. The Morgan fingerprint density at radius 1 is 1.39 bits per heavy atom. The van der Waals surface area contributed by atoms with Gasteiger partial charge in [-0.15, -0.1) is 0 Å². The van der Waals surface area contributed by atoms with E-state index in [1.807, 2.05) is 0 Å². The number of hydrogen-bond donors (Lipinski definition) is 2. The van der Waals surface area contributed by atoms with Crippen LogP contribution in [-0.4, -0.2) is 27.0 Å². The predicted molar refractivity (Wildman–Crippen MR) is 70.7 cm³/mol. The number of thioether (sulfide) groups is 1. The quantitative estimate of drug-likeness (QED) is 0.637. The Labute approximate surface area is 108 Å². The molecule has 0 amide bonds. The number of H-pyrrole nitrogens is 1. The van der Waals surface area contributed by atoms with Crippen molar-refractivity contribution in [2.45, 2.75) is 17.8 Å². The SMILES string of the molecule is CNc1cnc(CSc2nc(C)cc(=O)[nH]2)cn1. The van der Waals surface area contributed by atoms with E-state index in [9.17, 15) is 4.79 Å². The molecule has 0 radical (unpaired) electrons. The van der Waals surface area contributed by atoms with Crippen molar-refractivity contribution in [2.75, 3.05) is 12.4 Å². The van der Waals surface area contributed by atoms with Crippen molar-refractivity contribution in [2.24, 2.45) is 0 Å². The van der Waals surface area contributed by atoms with Crippen molar-refractivity contribution >= 4 is 17.6 Å². The Balaban J connectivity index is 2.04. The van der Waals surface area contributed by atoms with Crippen molar-refractivity contribution < 1.29 is 0 Å². The molecule has 0 aliphatic heterocycles. The standard InChI is InChI=1S/C11H13N5OS/c1-7-3-10(17)16-11(15-7)18-6-8-4-14-9(12-2)5-13-8/h3-5H,6H2,1-2H3,(H,12,14)(H,15,16,17). The van der Waals surface area contributed by atoms with Crippen LogP contribution in [0.5, 0.6) is 0 Å². The molecule has 0 unspecified atom stereocenters. The van der Waals surface area contributed by atoms with Gasteiger partial charge in [-0.25, -0.2) is 9.97 Å². The maximum atomic E-state index is 11.3. The molecule has 94 valence electrons. The topological polar surface area (TPSA) is 83.6 Å². The van der Waals surface area contributed by atoms with Crippen LogP contribution in [0.15, 0.2) is 28.4 Å². The third-order valence-corrected chi connectivity index (χ3v) is 3.07. The Bertz CT molecular complexity index is 581. The van der Waals surface area contributed by atoms with Crippen molar-refractivity contribution in [1.82, 2.24) is 19.9 Å². The second kappa shape index (κ2) is 5.63. The monoisotopic (exact) mass is 263 g/mol. The predicted octanol–water partition coefficient (Wildman–Crippen LogP) is 1.20. The van der Waals surface area contributed by atoms with E-state index < -0.39 is 0 Å². The van der Waals surface area contributed by atoms with E-state index in [1.54, 1.807) is 26.4 Å². The van der Waals surface area contributed by atoms with Gasteiger partial charge in [0, 0.05) is 24.6 Å². The summed E-state index contributed by atoms with van der Waals surface area (Å²) in [6, 6.07) is 1.46. The Hall–Kier alpha value is -1.89. The number of rotatable bonds is 4. The highest BCUT2D eigenvalue weighted by Gasteiger charge is 2.02. The molecule has 0 saturated carbocycles. The van der Waals surface area contributed by atoms with Crippen LogP contribution in [0.4, 0.5) is 5.82 Å². The maximum Gasteiger partial charge on any atom is 0.251 e. The highest BCUT2D eigenvalue weighted by Crippen LogP contribution is 2.16. The van der Waals surface area contributed by atoms with Crippen molar-refractivity contribution in [3.05, 3.63) is 40.2 Å². The highest BCUT2D eigenvalue weighted by molar-refractivity contribution is 7.98. The largest absolute Gasteiger partial charge is 0.372 e. The zero-order valence-electron chi connectivity index (χ0n) is 10.1. The van der Waals surface area contributed by atoms with Crippen molar-refractivity contribution in [1.29, 1.82) is 0 Å². The van der Waals surface area contributed by atoms with Crippen LogP contribution in [0, 0.1) is 6.92 Å². The van der Waals surface area contributed by atoms with Crippen molar-refractivity contribution in [3.63, 3.8) is 0 Å². The molecule has 0 fully saturated rings. The molecule has 0 saturated heterocycles. The molecule has 0 aliphatic rings. The number of aryl methyl sites for hydroxylation is 1. The van der Waals surface area contributed by atoms with E-state index in [0.717, 1.165) is 11.5 Å². The maximum absolute atomic E-state index is 11.3. The van der Waals surface area contributed by atoms with Crippen LogP contribution in [0.25, 0.3) is 0 Å². The molecular formula is C11H13N5OS. The van der Waals surface area contributed by atoms with E-state index in [0.29, 0.717) is 16.6 Å². The lowest BCUT2D eigenvalue weighted by molar-refractivity contribution is 0.904. The van der Waals surface area contributed by atoms with Gasteiger partial charge < -0.3 is 10.3 Å². The summed E-state index contributed by atoms with van der Waals surface area (Å²) in [6.45, 7) is 1.79. The number of nitrogens with zero attached hydrogens (tertiary/aromatic N) is 3. The van der Waals surface area contributed by atoms with E-state index in [4.69, 9.17) is 0 Å². The molecule has 0 bridgehead atoms. The summed E-state index contributed by atoms with van der Waals surface area (Å²) in [5.41, 5.74) is 1.41. The van der Waals surface area contributed by atoms with Gasteiger partial charge in [0.1, 0.15) is 5.82 Å². The lowest BCUT2D eigenvalue weighted by Gasteiger charge is -2.02. The van der Waals surface area contributed by atoms with Gasteiger partial charge in [0.05, 0.1) is 18.1 Å². The number of aromatic amines is 1. The van der Waals surface area contributed by atoms with Crippen LogP contribution >= 0.6 is 11.8 Å². The lowest BCUT2D eigenvalue weighted by Crippen LogP contribution is -2.08. The van der Waals surface area contributed by atoms with Crippen LogP contribution in [-0.2, 0) is 5.75 Å². The Morgan fingerprint density at radius 3 is 2.83 bits per heavy atom. The van der Waals surface area contributed by atoms with Gasteiger partial charge in [-0.05, 0) is 6.92 Å². The van der Waals surface area contributed by atoms with Gasteiger partial charge in [0.15, 0.2) is 5.16 Å². The summed E-state index contributed by atoms with van der Waals surface area (Å²) in [5, 5.41) is 3.50. The third kappa shape index (κ3) is 3.30. The lowest BCUT2D eigenvalue weighted by atomic mass is 10.5. The first-order valence-corrected chi connectivity index (χ1v) is 6.35. The van der Waals surface area contributed by atoms with Crippen LogP contribution in [0.3, 0.4) is 0 Å². The zero-order valence-corrected chi connectivity index (χ0v) is 10.9. The molecule has 2 aromatic heterocycles. The van der Waals surface area contributed by atoms with E-state index in [-0.39, 0.29) is 5.56 Å². The molecule has 6 nitrogen and oxygen atoms in total. The molecule has 0 atom stereocenters. The van der Waals surface area contributed by atoms with Crippen LogP contribution in [0.2, 0.25) is 0 Å². The average molecular weight is 263 g/mol. The second-order valence-corrected chi connectivity index (χ2v) is 4.59. The Morgan fingerprint density at radius 2 is 2.22 bits per heavy atom. The highest BCUT2D eigenvalue weighted by atomic mass is 32.2. The van der Waals surface area contributed by atoms with Gasteiger partial charge >= 0.3 is 0 Å². The summed E-state index contributed by atoms with van der Waals surface area (Å²) in [4.78, 5) is 26.6. The fraction of sp³-hybridized carbons (Fsp3) is 0.273. The molecule has 2 rings (SSSR count). The normalized spacial score (nSPS) is 10.3. The smallest absolute Gasteiger partial charge is 0.251 e. The molecule has 0 aliphatic carbocycles. The number of anilines is 1. The molecule has 2 aromatic rings. The minimum atomic E-state index is -0.137. The van der Waals surface area contributed by atoms with E-state index >= 15 is 0 Å². The average Bonchev–Trinajstić information content (AvgIpc) is 2.36. The summed E-state index contributed by atoms with van der Waals surface area (Å²) < 4.78 is 0. The molecule has 18 heavy (non-hydrogen) atoms. The molecule has 0 spiro atoms. The zero-order chi connectivity index (χ0) is 13.0. The number of nitrogens with one attached hydrogen (secondary N) is 2. The Kier molecular flexibility index (Phi) is 3.93. The summed E-state index contributed by atoms with van der Waals surface area (Å²) >= 11 is 1.43. The van der Waals surface area contributed by atoms with Crippen molar-refractivity contribution in [3.8, 4) is 0 Å². The van der Waals surface area contributed by atoms with Gasteiger partial charge in [0.25, 0.3) is 5.56 Å². The molecular weight excluding hydrogens is 250 g/mol. The molecule has 0 aromatic carbocycles. The number of hydrogen-bond acceptors (Lipinski definition) is 6. The van der Waals surface area contributed by atoms with Gasteiger partial charge in [-0.2, -0.15) is 0 Å². The van der Waals surface area contributed by atoms with Gasteiger partial charge in [-0.1, -0.05) is 11.8 Å². The van der Waals surface area contributed by atoms with Gasteiger partial charge in [-0.3, -0.25) is 9.78 Å². The van der Waals surface area contributed by atoms with E-state index in [2.05, 4.69) is 25.3 Å². The van der Waals surface area contributed by atoms with Crippen LogP contribution < -0.4 is 10.9 Å².